The maximum absolute atomic E-state index is 13.2. The van der Waals surface area contributed by atoms with Crippen molar-refractivity contribution < 1.29 is 18.8 Å². The quantitative estimate of drug-likeness (QED) is 0.491. The number of aromatic nitrogens is 2. The highest BCUT2D eigenvalue weighted by atomic mass is 16.5. The first-order valence-electron chi connectivity index (χ1n) is 12.3. The molecule has 0 saturated carbocycles. The van der Waals surface area contributed by atoms with E-state index in [-0.39, 0.29) is 24.3 Å². The third-order valence-electron chi connectivity index (χ3n) is 6.26. The number of amides is 2. The third kappa shape index (κ3) is 6.48. The molecular formula is C27H33N5O4. The Morgan fingerprint density at radius 2 is 1.72 bits per heavy atom. The van der Waals surface area contributed by atoms with Gasteiger partial charge >= 0.3 is 0 Å². The molecule has 9 heteroatoms. The molecule has 1 saturated heterocycles. The molecule has 1 aliphatic heterocycles. The summed E-state index contributed by atoms with van der Waals surface area (Å²) in [7, 11) is 0. The van der Waals surface area contributed by atoms with E-state index in [1.54, 1.807) is 12.1 Å². The number of rotatable bonds is 9. The number of aryl methyl sites for hydroxylation is 1. The van der Waals surface area contributed by atoms with Gasteiger partial charge in [-0.2, -0.15) is 4.98 Å². The van der Waals surface area contributed by atoms with Crippen molar-refractivity contribution in [1.82, 2.24) is 25.3 Å². The second-order valence-corrected chi connectivity index (χ2v) is 9.32. The Morgan fingerprint density at radius 1 is 1.03 bits per heavy atom. The van der Waals surface area contributed by atoms with E-state index in [9.17, 15) is 9.59 Å². The van der Waals surface area contributed by atoms with Gasteiger partial charge in [0.1, 0.15) is 11.8 Å². The van der Waals surface area contributed by atoms with Gasteiger partial charge in [0.25, 0.3) is 5.91 Å². The molecule has 0 aliphatic carbocycles. The molecule has 9 nitrogen and oxygen atoms in total. The molecule has 1 N–H and O–H groups in total. The summed E-state index contributed by atoms with van der Waals surface area (Å²) in [6.07, 6.45) is 0. The predicted molar refractivity (Wildman–Crippen MR) is 135 cm³/mol. The number of piperazine rings is 1. The largest absolute Gasteiger partial charge is 0.484 e. The number of nitrogens with zero attached hydrogens (tertiary/aromatic N) is 4. The smallest absolute Gasteiger partial charge is 0.258 e. The van der Waals surface area contributed by atoms with Crippen molar-refractivity contribution >= 4 is 11.8 Å². The molecule has 2 amide bonds. The fourth-order valence-electron chi connectivity index (χ4n) is 4.16. The molecule has 0 spiro atoms. The van der Waals surface area contributed by atoms with Crippen molar-refractivity contribution in [2.75, 3.05) is 32.8 Å². The number of carbonyl (C=O) groups is 2. The monoisotopic (exact) mass is 491 g/mol. The van der Waals surface area contributed by atoms with Gasteiger partial charge in [0, 0.05) is 31.7 Å². The molecule has 190 valence electrons. The van der Waals surface area contributed by atoms with Crippen molar-refractivity contribution in [3.8, 4) is 17.1 Å². The van der Waals surface area contributed by atoms with Crippen molar-refractivity contribution in [2.45, 2.75) is 33.4 Å². The zero-order valence-electron chi connectivity index (χ0n) is 21.0. The van der Waals surface area contributed by atoms with Crippen LogP contribution in [0.4, 0.5) is 0 Å². The van der Waals surface area contributed by atoms with Gasteiger partial charge in [-0.15, -0.1) is 0 Å². The van der Waals surface area contributed by atoms with Crippen LogP contribution in [0.25, 0.3) is 11.4 Å². The fraction of sp³-hybridized carbons (Fsp3) is 0.407. The van der Waals surface area contributed by atoms with Crippen LogP contribution in [0.5, 0.6) is 5.75 Å². The minimum absolute atomic E-state index is 0.0468. The van der Waals surface area contributed by atoms with E-state index in [1.165, 1.54) is 0 Å². The van der Waals surface area contributed by atoms with E-state index in [1.807, 2.05) is 68.1 Å². The van der Waals surface area contributed by atoms with E-state index >= 15 is 0 Å². The van der Waals surface area contributed by atoms with Crippen LogP contribution in [-0.2, 0) is 16.1 Å². The predicted octanol–water partition coefficient (Wildman–Crippen LogP) is 2.91. The lowest BCUT2D eigenvalue weighted by Gasteiger charge is -2.36. The summed E-state index contributed by atoms with van der Waals surface area (Å²) in [6, 6.07) is 16.5. The average molecular weight is 492 g/mol. The van der Waals surface area contributed by atoms with Gasteiger partial charge in [-0.25, -0.2) is 0 Å². The number of ether oxygens (including phenoxy) is 1. The Hall–Kier alpha value is -3.72. The lowest BCUT2D eigenvalue weighted by atomic mass is 10.0. The number of para-hydroxylation sites is 1. The number of hydrogen-bond donors (Lipinski definition) is 1. The van der Waals surface area contributed by atoms with Gasteiger partial charge in [0.2, 0.25) is 17.6 Å². The van der Waals surface area contributed by atoms with E-state index in [0.717, 1.165) is 11.1 Å². The van der Waals surface area contributed by atoms with Crippen molar-refractivity contribution in [3.05, 3.63) is 66.1 Å². The first-order chi connectivity index (χ1) is 17.4. The van der Waals surface area contributed by atoms with Gasteiger partial charge in [-0.05, 0) is 30.5 Å². The van der Waals surface area contributed by atoms with E-state index in [0.29, 0.717) is 50.2 Å². The zero-order valence-corrected chi connectivity index (χ0v) is 21.0. The molecule has 2 heterocycles. The Kier molecular flexibility index (Phi) is 8.32. The molecule has 36 heavy (non-hydrogen) atoms. The standard InChI is InChI=1S/C27H33N5O4/c1-19(2)25(28-23(33)18-35-21-10-5-4-6-11-21)27(34)32-15-13-31(14-16-32)17-24-29-26(30-36-24)22-12-8-7-9-20(22)3/h4-12,19,25H,13-18H2,1-3H3,(H,28,33). The molecular weight excluding hydrogens is 458 g/mol. The Labute approximate surface area is 211 Å². The summed E-state index contributed by atoms with van der Waals surface area (Å²) in [5.74, 6) is 1.32. The van der Waals surface area contributed by atoms with Crippen LogP contribution in [0.15, 0.2) is 59.1 Å². The van der Waals surface area contributed by atoms with Crippen LogP contribution < -0.4 is 10.1 Å². The highest BCUT2D eigenvalue weighted by Crippen LogP contribution is 2.20. The highest BCUT2D eigenvalue weighted by molar-refractivity contribution is 5.88. The number of nitrogens with one attached hydrogen (secondary N) is 1. The molecule has 1 unspecified atom stereocenters. The van der Waals surface area contributed by atoms with Gasteiger partial charge in [-0.1, -0.05) is 61.5 Å². The van der Waals surface area contributed by atoms with Crippen LogP contribution in [0.1, 0.15) is 25.3 Å². The summed E-state index contributed by atoms with van der Waals surface area (Å²) in [5, 5.41) is 6.99. The van der Waals surface area contributed by atoms with Gasteiger partial charge in [0.05, 0.1) is 6.54 Å². The fourth-order valence-corrected chi connectivity index (χ4v) is 4.16. The van der Waals surface area contributed by atoms with Crippen LogP contribution in [0.2, 0.25) is 0 Å². The zero-order chi connectivity index (χ0) is 25.5. The Morgan fingerprint density at radius 3 is 2.42 bits per heavy atom. The molecule has 0 radical (unpaired) electrons. The van der Waals surface area contributed by atoms with Gasteiger partial charge in [-0.3, -0.25) is 14.5 Å². The molecule has 0 bridgehead atoms. The molecule has 1 fully saturated rings. The highest BCUT2D eigenvalue weighted by Gasteiger charge is 2.31. The van der Waals surface area contributed by atoms with Crippen molar-refractivity contribution in [3.63, 3.8) is 0 Å². The molecule has 1 aliphatic rings. The summed E-state index contributed by atoms with van der Waals surface area (Å²) in [5.41, 5.74) is 2.05. The van der Waals surface area contributed by atoms with Crippen LogP contribution in [-0.4, -0.2) is 70.6 Å². The van der Waals surface area contributed by atoms with Crippen LogP contribution in [0.3, 0.4) is 0 Å². The second kappa shape index (κ2) is 11.8. The maximum atomic E-state index is 13.2. The van der Waals surface area contributed by atoms with Gasteiger partial charge in [0.15, 0.2) is 6.61 Å². The Balaban J connectivity index is 1.27. The van der Waals surface area contributed by atoms with Crippen molar-refractivity contribution in [1.29, 1.82) is 0 Å². The summed E-state index contributed by atoms with van der Waals surface area (Å²) >= 11 is 0. The van der Waals surface area contributed by atoms with E-state index in [4.69, 9.17) is 9.26 Å². The third-order valence-corrected chi connectivity index (χ3v) is 6.26. The minimum Gasteiger partial charge on any atom is -0.484 e. The lowest BCUT2D eigenvalue weighted by Crippen LogP contribution is -2.56. The number of carbonyl (C=O) groups excluding carboxylic acids is 2. The molecule has 4 rings (SSSR count). The topological polar surface area (TPSA) is 101 Å². The lowest BCUT2D eigenvalue weighted by molar-refractivity contribution is -0.139. The van der Waals surface area contributed by atoms with Crippen LogP contribution in [0, 0.1) is 12.8 Å². The van der Waals surface area contributed by atoms with Gasteiger partial charge < -0.3 is 19.5 Å². The molecule has 2 aromatic carbocycles. The maximum Gasteiger partial charge on any atom is 0.258 e. The summed E-state index contributed by atoms with van der Waals surface area (Å²) in [4.78, 5) is 34.2. The summed E-state index contributed by atoms with van der Waals surface area (Å²) in [6.45, 7) is 8.77. The number of benzene rings is 2. The van der Waals surface area contributed by atoms with E-state index in [2.05, 4.69) is 20.4 Å². The number of hydrogen-bond acceptors (Lipinski definition) is 7. The first-order valence-corrected chi connectivity index (χ1v) is 12.3. The Bertz CT molecular complexity index is 1160. The summed E-state index contributed by atoms with van der Waals surface area (Å²) < 4.78 is 11.0. The molecule has 1 aromatic heterocycles. The second-order valence-electron chi connectivity index (χ2n) is 9.32. The first kappa shape index (κ1) is 25.4. The molecule has 1 atom stereocenters. The minimum atomic E-state index is -0.601. The SMILES string of the molecule is Cc1ccccc1-c1noc(CN2CCN(C(=O)C(NC(=O)COc3ccccc3)C(C)C)CC2)n1. The van der Waals surface area contributed by atoms with Crippen molar-refractivity contribution in [2.24, 2.45) is 5.92 Å². The van der Waals surface area contributed by atoms with E-state index < -0.39 is 6.04 Å². The normalized spacial score (nSPS) is 15.1. The molecule has 3 aromatic rings. The van der Waals surface area contributed by atoms with Crippen LogP contribution >= 0.6 is 0 Å². The average Bonchev–Trinajstić information content (AvgIpc) is 3.35.